The van der Waals surface area contributed by atoms with Crippen LogP contribution in [0.1, 0.15) is 0 Å². The molecular weight excluding hydrogens is 359 g/mol. The largest absolute Gasteiger partial charge is 0.510 e. The first-order valence-electron chi connectivity index (χ1n) is 7.03. The van der Waals surface area contributed by atoms with Crippen molar-refractivity contribution < 1.29 is 14.6 Å². The first-order valence-corrected chi connectivity index (χ1v) is 8.77. The van der Waals surface area contributed by atoms with Crippen LogP contribution in [0.5, 0.6) is 0 Å². The zero-order valence-electron chi connectivity index (χ0n) is 12.1. The van der Waals surface area contributed by atoms with Gasteiger partial charge in [-0.2, -0.15) is 0 Å². The van der Waals surface area contributed by atoms with Gasteiger partial charge in [-0.25, -0.2) is 4.99 Å². The average Bonchev–Trinajstić information content (AvgIpc) is 2.92. The fourth-order valence-electron chi connectivity index (χ4n) is 2.33. The number of carbonyl (C=O) groups excluding carboxylic acids is 1. The molecule has 1 aromatic rings. The molecule has 1 fully saturated rings. The molecule has 2 aliphatic rings. The molecule has 2 heterocycles. The molecule has 1 amide bonds. The van der Waals surface area contributed by atoms with Crippen LogP contribution in [-0.2, 0) is 9.53 Å². The lowest BCUT2D eigenvalue weighted by molar-refractivity contribution is -0.130. The highest BCUT2D eigenvalue weighted by molar-refractivity contribution is 8.15. The Balaban J connectivity index is 1.93. The third-order valence-electron chi connectivity index (χ3n) is 3.51. The van der Waals surface area contributed by atoms with Crippen LogP contribution in [0.3, 0.4) is 0 Å². The highest BCUT2D eigenvalue weighted by Crippen LogP contribution is 2.37. The molecule has 0 atom stereocenters. The Morgan fingerprint density at radius 2 is 1.91 bits per heavy atom. The van der Waals surface area contributed by atoms with E-state index in [1.165, 1.54) is 11.8 Å². The second-order valence-electron chi connectivity index (χ2n) is 5.00. The van der Waals surface area contributed by atoms with Crippen LogP contribution in [-0.4, -0.2) is 53.0 Å². The lowest BCUT2D eigenvalue weighted by Gasteiger charge is -2.27. The second-order valence-corrected chi connectivity index (χ2v) is 6.78. The Morgan fingerprint density at radius 1 is 1.26 bits per heavy atom. The fraction of sp³-hybridized carbons (Fsp3) is 0.333. The summed E-state index contributed by atoms with van der Waals surface area (Å²) in [5, 5.41) is 11.3. The van der Waals surface area contributed by atoms with Gasteiger partial charge in [0.15, 0.2) is 0 Å². The monoisotopic (exact) mass is 372 g/mol. The van der Waals surface area contributed by atoms with Crippen LogP contribution in [0, 0.1) is 0 Å². The molecule has 0 aliphatic carbocycles. The van der Waals surface area contributed by atoms with E-state index in [1.54, 1.807) is 23.1 Å². The highest BCUT2D eigenvalue weighted by Gasteiger charge is 2.32. The van der Waals surface area contributed by atoms with E-state index in [0.29, 0.717) is 52.8 Å². The number of nitrogens with zero attached hydrogens (tertiary/aromatic N) is 2. The molecule has 23 heavy (non-hydrogen) atoms. The molecule has 1 N–H and O–H groups in total. The van der Waals surface area contributed by atoms with Gasteiger partial charge in [0.25, 0.3) is 5.91 Å². The Morgan fingerprint density at radius 3 is 2.57 bits per heavy atom. The summed E-state index contributed by atoms with van der Waals surface area (Å²) in [4.78, 5) is 18.8. The maximum atomic E-state index is 12.7. The Labute approximate surface area is 147 Å². The van der Waals surface area contributed by atoms with Crippen LogP contribution in [0.4, 0.5) is 5.69 Å². The topological polar surface area (TPSA) is 62.1 Å². The van der Waals surface area contributed by atoms with Gasteiger partial charge in [0.1, 0.15) is 22.1 Å². The maximum absolute atomic E-state index is 12.7. The summed E-state index contributed by atoms with van der Waals surface area (Å²) in [6.45, 7) is 1.99. The van der Waals surface area contributed by atoms with E-state index in [-0.39, 0.29) is 17.2 Å². The number of carbonyl (C=O) groups is 1. The van der Waals surface area contributed by atoms with Crippen LogP contribution < -0.4 is 0 Å². The minimum Gasteiger partial charge on any atom is -0.510 e. The fourth-order valence-corrected chi connectivity index (χ4v) is 3.73. The van der Waals surface area contributed by atoms with Crippen LogP contribution in [0.2, 0.25) is 10.0 Å². The van der Waals surface area contributed by atoms with Crippen molar-refractivity contribution in [3.8, 4) is 0 Å². The first-order chi connectivity index (χ1) is 11.1. The summed E-state index contributed by atoms with van der Waals surface area (Å²) in [7, 11) is 0. The lowest BCUT2D eigenvalue weighted by atomic mass is 10.2. The smallest absolute Gasteiger partial charge is 0.260 e. The summed E-state index contributed by atoms with van der Waals surface area (Å²) < 4.78 is 5.25. The molecule has 1 saturated heterocycles. The summed E-state index contributed by atoms with van der Waals surface area (Å²) in [5.74, 6) is 0.109. The molecule has 122 valence electrons. The predicted molar refractivity (Wildman–Crippen MR) is 93.1 cm³/mol. The second kappa shape index (κ2) is 7.13. The van der Waals surface area contributed by atoms with Crippen molar-refractivity contribution in [2.24, 2.45) is 4.99 Å². The zero-order chi connectivity index (χ0) is 16.4. The number of para-hydroxylation sites is 1. The molecule has 0 saturated carbocycles. The normalized spacial score (nSPS) is 20.4. The number of aliphatic hydroxyl groups is 1. The van der Waals surface area contributed by atoms with Gasteiger partial charge in [0.2, 0.25) is 0 Å². The summed E-state index contributed by atoms with van der Waals surface area (Å²) >= 11 is 13.6. The van der Waals surface area contributed by atoms with E-state index >= 15 is 0 Å². The van der Waals surface area contributed by atoms with Crippen LogP contribution in [0.15, 0.2) is 34.5 Å². The number of aliphatic hydroxyl groups excluding tert-OH is 1. The van der Waals surface area contributed by atoms with Crippen LogP contribution in [0.25, 0.3) is 0 Å². The van der Waals surface area contributed by atoms with Gasteiger partial charge in [0, 0.05) is 13.1 Å². The van der Waals surface area contributed by atoms with Crippen molar-refractivity contribution in [2.45, 2.75) is 0 Å². The number of benzene rings is 1. The molecule has 8 heteroatoms. The number of rotatable bonds is 2. The number of thioether (sulfide) groups is 1. The predicted octanol–water partition coefficient (Wildman–Crippen LogP) is 3.44. The molecular formula is C15H14Cl2N2O3S. The molecule has 0 unspecified atom stereocenters. The number of amides is 1. The SMILES string of the molecule is O=C(C1=C(O)CSC1=Nc1c(Cl)cccc1Cl)N1CCOCC1. The van der Waals surface area contributed by atoms with E-state index in [4.69, 9.17) is 27.9 Å². The molecule has 0 bridgehead atoms. The molecule has 0 radical (unpaired) electrons. The van der Waals surface area contributed by atoms with Gasteiger partial charge in [-0.05, 0) is 12.1 Å². The number of hydrogen-bond donors (Lipinski definition) is 1. The number of halogens is 2. The van der Waals surface area contributed by atoms with E-state index < -0.39 is 0 Å². The zero-order valence-corrected chi connectivity index (χ0v) is 14.4. The van der Waals surface area contributed by atoms with Gasteiger partial charge in [0.05, 0.1) is 29.0 Å². The molecule has 0 spiro atoms. The number of aliphatic imine (C=N–C) groups is 1. The number of hydrogen-bond acceptors (Lipinski definition) is 5. The van der Waals surface area contributed by atoms with Gasteiger partial charge in [-0.15, -0.1) is 0 Å². The van der Waals surface area contributed by atoms with E-state index in [1.807, 2.05) is 0 Å². The van der Waals surface area contributed by atoms with Crippen LogP contribution >= 0.6 is 35.0 Å². The Bertz CT molecular complexity index is 680. The summed E-state index contributed by atoms with van der Waals surface area (Å²) in [6, 6.07) is 5.09. The minimum atomic E-state index is -0.238. The lowest BCUT2D eigenvalue weighted by Crippen LogP contribution is -2.42. The van der Waals surface area contributed by atoms with Gasteiger partial charge < -0.3 is 14.7 Å². The number of ether oxygens (including phenoxy) is 1. The van der Waals surface area contributed by atoms with Gasteiger partial charge >= 0.3 is 0 Å². The average molecular weight is 373 g/mol. The summed E-state index contributed by atoms with van der Waals surface area (Å²) in [5.41, 5.74) is 0.633. The first kappa shape index (κ1) is 16.6. The standard InChI is InChI=1S/C15H14Cl2N2O3S/c16-9-2-1-3-10(17)13(9)18-14-12(11(20)8-23-14)15(21)19-4-6-22-7-5-19/h1-3,20H,4-8H2. The third-order valence-corrected chi connectivity index (χ3v) is 5.11. The van der Waals surface area contributed by atoms with Crippen molar-refractivity contribution in [3.05, 3.63) is 39.6 Å². The minimum absolute atomic E-state index is 0.0356. The van der Waals surface area contributed by atoms with Crippen molar-refractivity contribution in [1.29, 1.82) is 0 Å². The van der Waals surface area contributed by atoms with Crippen molar-refractivity contribution >= 4 is 51.6 Å². The van der Waals surface area contributed by atoms with Crippen molar-refractivity contribution in [2.75, 3.05) is 32.1 Å². The molecule has 3 rings (SSSR count). The van der Waals surface area contributed by atoms with E-state index in [0.717, 1.165) is 0 Å². The maximum Gasteiger partial charge on any atom is 0.260 e. The van der Waals surface area contributed by atoms with E-state index in [9.17, 15) is 9.90 Å². The molecule has 1 aromatic carbocycles. The van der Waals surface area contributed by atoms with Crippen molar-refractivity contribution in [1.82, 2.24) is 4.90 Å². The Kier molecular flexibility index (Phi) is 5.16. The third kappa shape index (κ3) is 3.50. The molecule has 0 aromatic heterocycles. The van der Waals surface area contributed by atoms with Gasteiger partial charge in [-0.3, -0.25) is 4.79 Å². The van der Waals surface area contributed by atoms with Gasteiger partial charge in [-0.1, -0.05) is 41.0 Å². The Hall–Kier alpha value is -1.21. The van der Waals surface area contributed by atoms with Crippen molar-refractivity contribution in [3.63, 3.8) is 0 Å². The highest BCUT2D eigenvalue weighted by atomic mass is 35.5. The quantitative estimate of drug-likeness (QED) is 0.863. The number of morpholine rings is 1. The molecule has 2 aliphatic heterocycles. The van der Waals surface area contributed by atoms with E-state index in [2.05, 4.69) is 4.99 Å². The summed E-state index contributed by atoms with van der Waals surface area (Å²) in [6.07, 6.45) is 0. The molecule has 5 nitrogen and oxygen atoms in total.